The van der Waals surface area contributed by atoms with E-state index in [1.54, 1.807) is 0 Å². The zero-order chi connectivity index (χ0) is 35.8. The van der Waals surface area contributed by atoms with E-state index in [1.165, 1.54) is 99.1 Å². The molecule has 0 atom stereocenters. The van der Waals surface area contributed by atoms with Crippen LogP contribution in [0.1, 0.15) is 0 Å². The lowest BCUT2D eigenvalue weighted by Gasteiger charge is -2.19. The normalized spacial score (nSPS) is 11.3. The van der Waals surface area contributed by atoms with Gasteiger partial charge >= 0.3 is 0 Å². The molecule has 10 aromatic rings. The van der Waals surface area contributed by atoms with Crippen molar-refractivity contribution in [3.8, 4) is 66.8 Å². The van der Waals surface area contributed by atoms with Crippen molar-refractivity contribution >= 4 is 32.3 Å². The summed E-state index contributed by atoms with van der Waals surface area (Å²) in [7, 11) is 0. The van der Waals surface area contributed by atoms with Crippen LogP contribution in [0.5, 0.6) is 0 Å². The Bertz CT molecular complexity index is 2910. The van der Waals surface area contributed by atoms with Crippen LogP contribution in [-0.2, 0) is 0 Å². The van der Waals surface area contributed by atoms with Crippen molar-refractivity contribution < 1.29 is 0 Å². The molecule has 0 heteroatoms. The van der Waals surface area contributed by atoms with Gasteiger partial charge in [0.05, 0.1) is 0 Å². The molecule has 0 aliphatic heterocycles. The molecule has 252 valence electrons. The third-order valence-corrected chi connectivity index (χ3v) is 10.9. The standard InChI is InChI=1S/C54H36/c1-3-12-37(13-4-1)39-24-30-44(31-25-39)53-49-19-9-10-20-50(49)54(45-32-26-40(27-33-45)38-14-5-2-6-15-38)52-36-46(34-35-51(52)53)41-22-28-43(29-23-41)48-21-11-17-42-16-7-8-18-47(42)48/h1-36H. The molecule has 0 aliphatic carbocycles. The van der Waals surface area contributed by atoms with Crippen molar-refractivity contribution in [1.82, 2.24) is 0 Å². The lowest BCUT2D eigenvalue weighted by atomic mass is 9.84. The van der Waals surface area contributed by atoms with Crippen LogP contribution in [0.15, 0.2) is 218 Å². The number of benzene rings is 10. The molecule has 0 bridgehead atoms. The molecule has 0 radical (unpaired) electrons. The maximum absolute atomic E-state index is 2.41. The molecule has 0 nitrogen and oxygen atoms in total. The summed E-state index contributed by atoms with van der Waals surface area (Å²) in [6.07, 6.45) is 0. The molecule has 0 aromatic heterocycles. The molecular formula is C54H36. The topological polar surface area (TPSA) is 0 Å². The quantitative estimate of drug-likeness (QED) is 0.153. The highest BCUT2D eigenvalue weighted by Crippen LogP contribution is 2.45. The van der Waals surface area contributed by atoms with Gasteiger partial charge in [0.15, 0.2) is 0 Å². The summed E-state index contributed by atoms with van der Waals surface area (Å²) in [5.41, 5.74) is 14.7. The summed E-state index contributed by atoms with van der Waals surface area (Å²) < 4.78 is 0. The monoisotopic (exact) mass is 684 g/mol. The van der Waals surface area contributed by atoms with Gasteiger partial charge in [0.2, 0.25) is 0 Å². The van der Waals surface area contributed by atoms with Gasteiger partial charge < -0.3 is 0 Å². The van der Waals surface area contributed by atoms with Crippen molar-refractivity contribution in [2.45, 2.75) is 0 Å². The smallest absolute Gasteiger partial charge is 0.00261 e. The number of fused-ring (bicyclic) bond motifs is 3. The van der Waals surface area contributed by atoms with Crippen LogP contribution in [0.25, 0.3) is 99.1 Å². The Morgan fingerprint density at radius 3 is 1.13 bits per heavy atom. The first-order chi connectivity index (χ1) is 26.8. The van der Waals surface area contributed by atoms with Gasteiger partial charge in [-0.3, -0.25) is 0 Å². The lowest BCUT2D eigenvalue weighted by molar-refractivity contribution is 1.60. The highest BCUT2D eigenvalue weighted by atomic mass is 14.2. The molecule has 0 aliphatic rings. The minimum atomic E-state index is 1.20. The third-order valence-electron chi connectivity index (χ3n) is 10.9. The molecule has 10 rings (SSSR count). The van der Waals surface area contributed by atoms with Crippen LogP contribution >= 0.6 is 0 Å². The minimum absolute atomic E-state index is 1.20. The molecule has 10 aromatic carbocycles. The van der Waals surface area contributed by atoms with Gasteiger partial charge in [0.1, 0.15) is 0 Å². The maximum Gasteiger partial charge on any atom is -0.00261 e. The molecule has 0 N–H and O–H groups in total. The summed E-state index contributed by atoms with van der Waals surface area (Å²) in [4.78, 5) is 0. The number of hydrogen-bond donors (Lipinski definition) is 0. The van der Waals surface area contributed by atoms with Gasteiger partial charge in [-0.05, 0) is 105 Å². The summed E-state index contributed by atoms with van der Waals surface area (Å²) in [5, 5.41) is 7.54. The Morgan fingerprint density at radius 1 is 0.185 bits per heavy atom. The molecule has 0 unspecified atom stereocenters. The van der Waals surface area contributed by atoms with Crippen molar-refractivity contribution in [1.29, 1.82) is 0 Å². The van der Waals surface area contributed by atoms with Gasteiger partial charge in [-0.1, -0.05) is 212 Å². The van der Waals surface area contributed by atoms with Gasteiger partial charge in [-0.2, -0.15) is 0 Å². The van der Waals surface area contributed by atoms with E-state index < -0.39 is 0 Å². The second kappa shape index (κ2) is 13.5. The summed E-state index contributed by atoms with van der Waals surface area (Å²) >= 11 is 0. The predicted octanol–water partition coefficient (Wildman–Crippen LogP) is 15.1. The first-order valence-corrected chi connectivity index (χ1v) is 18.7. The average Bonchev–Trinajstić information content (AvgIpc) is 3.26. The highest BCUT2D eigenvalue weighted by molar-refractivity contribution is 6.22. The first kappa shape index (κ1) is 31.7. The molecule has 54 heavy (non-hydrogen) atoms. The predicted molar refractivity (Wildman–Crippen MR) is 232 cm³/mol. The molecule has 0 amide bonds. The first-order valence-electron chi connectivity index (χ1n) is 18.7. The van der Waals surface area contributed by atoms with E-state index in [1.807, 2.05) is 0 Å². The Balaban J connectivity index is 1.16. The van der Waals surface area contributed by atoms with Crippen LogP contribution in [0.4, 0.5) is 0 Å². The van der Waals surface area contributed by atoms with Crippen molar-refractivity contribution in [2.24, 2.45) is 0 Å². The van der Waals surface area contributed by atoms with E-state index in [0.29, 0.717) is 0 Å². The summed E-state index contributed by atoms with van der Waals surface area (Å²) in [6.45, 7) is 0. The molecule has 0 fully saturated rings. The van der Waals surface area contributed by atoms with E-state index >= 15 is 0 Å². The minimum Gasteiger partial charge on any atom is -0.0622 e. The highest BCUT2D eigenvalue weighted by Gasteiger charge is 2.18. The molecule has 0 heterocycles. The fourth-order valence-corrected chi connectivity index (χ4v) is 8.22. The van der Waals surface area contributed by atoms with Crippen LogP contribution in [0.2, 0.25) is 0 Å². The molecule has 0 spiro atoms. The number of hydrogen-bond acceptors (Lipinski definition) is 0. The van der Waals surface area contributed by atoms with E-state index in [0.717, 1.165) is 0 Å². The Hall–Kier alpha value is -7.02. The van der Waals surface area contributed by atoms with Gasteiger partial charge in [-0.25, -0.2) is 0 Å². The van der Waals surface area contributed by atoms with Crippen molar-refractivity contribution in [3.05, 3.63) is 218 Å². The van der Waals surface area contributed by atoms with Gasteiger partial charge in [-0.15, -0.1) is 0 Å². The molecule has 0 saturated heterocycles. The fraction of sp³-hybridized carbons (Fsp3) is 0. The zero-order valence-electron chi connectivity index (χ0n) is 29.8. The van der Waals surface area contributed by atoms with Crippen molar-refractivity contribution in [3.63, 3.8) is 0 Å². The second-order valence-electron chi connectivity index (χ2n) is 14.0. The van der Waals surface area contributed by atoms with E-state index in [2.05, 4.69) is 218 Å². The summed E-state index contributed by atoms with van der Waals surface area (Å²) in [5.74, 6) is 0. The fourth-order valence-electron chi connectivity index (χ4n) is 8.22. The Kier molecular flexibility index (Phi) is 7.93. The lowest BCUT2D eigenvalue weighted by Crippen LogP contribution is -1.92. The molecule has 0 saturated carbocycles. The summed E-state index contributed by atoms with van der Waals surface area (Å²) in [6, 6.07) is 79.7. The van der Waals surface area contributed by atoms with E-state index in [9.17, 15) is 0 Å². The van der Waals surface area contributed by atoms with Crippen LogP contribution in [-0.4, -0.2) is 0 Å². The zero-order valence-corrected chi connectivity index (χ0v) is 29.8. The van der Waals surface area contributed by atoms with Crippen molar-refractivity contribution in [2.75, 3.05) is 0 Å². The number of rotatable bonds is 6. The average molecular weight is 685 g/mol. The van der Waals surface area contributed by atoms with E-state index in [-0.39, 0.29) is 0 Å². The van der Waals surface area contributed by atoms with E-state index in [4.69, 9.17) is 0 Å². The largest absolute Gasteiger partial charge is 0.0622 e. The Labute approximate surface area is 316 Å². The van der Waals surface area contributed by atoms with Gasteiger partial charge in [0.25, 0.3) is 0 Å². The SMILES string of the molecule is c1ccc(-c2ccc(-c3c4ccccc4c(-c4ccc(-c5ccccc5)cc4)c4cc(-c5ccc(-c6cccc7ccccc67)cc5)ccc34)cc2)cc1. The van der Waals surface area contributed by atoms with Gasteiger partial charge in [0, 0.05) is 0 Å². The van der Waals surface area contributed by atoms with Crippen LogP contribution in [0, 0.1) is 0 Å². The van der Waals surface area contributed by atoms with Crippen LogP contribution < -0.4 is 0 Å². The maximum atomic E-state index is 2.41. The molecular weight excluding hydrogens is 649 g/mol. The Morgan fingerprint density at radius 2 is 0.556 bits per heavy atom. The second-order valence-corrected chi connectivity index (χ2v) is 14.0. The third kappa shape index (κ3) is 5.66. The van der Waals surface area contributed by atoms with Crippen LogP contribution in [0.3, 0.4) is 0 Å².